The average Bonchev–Trinajstić information content (AvgIpc) is 2.42. The lowest BCUT2D eigenvalue weighted by molar-refractivity contribution is -0.125. The molecule has 0 radical (unpaired) electrons. The molecule has 0 N–H and O–H groups in total. The molecule has 0 bridgehead atoms. The fraction of sp³-hybridized carbons (Fsp3) is 0.250. The molecule has 0 aromatic heterocycles. The van der Waals surface area contributed by atoms with Crippen molar-refractivity contribution >= 4 is 34.1 Å². The number of halogens is 1. The van der Waals surface area contributed by atoms with E-state index in [1.165, 1.54) is 3.57 Å². The molecule has 0 saturated carbocycles. The van der Waals surface area contributed by atoms with Gasteiger partial charge in [0.1, 0.15) is 5.76 Å². The second kappa shape index (κ2) is 3.63. The van der Waals surface area contributed by atoms with E-state index in [1.54, 1.807) is 19.9 Å². The van der Waals surface area contributed by atoms with E-state index in [0.29, 0.717) is 5.76 Å². The molecule has 2 nitrogen and oxygen atoms in total. The van der Waals surface area contributed by atoms with Gasteiger partial charge in [-0.3, -0.25) is 4.79 Å². The molecule has 0 unspecified atom stereocenters. The van der Waals surface area contributed by atoms with Crippen molar-refractivity contribution in [2.75, 3.05) is 0 Å². The molecule has 0 fully saturated rings. The molecule has 1 aliphatic heterocycles. The number of ketones is 1. The van der Waals surface area contributed by atoms with E-state index in [2.05, 4.69) is 22.6 Å². The summed E-state index contributed by atoms with van der Waals surface area (Å²) in [5.41, 5.74) is 0.243. The zero-order chi connectivity index (χ0) is 11.1. The summed E-state index contributed by atoms with van der Waals surface area (Å²) in [5.74, 6) is 0.692. The van der Waals surface area contributed by atoms with Gasteiger partial charge in [-0.2, -0.15) is 0 Å². The Bertz CT molecular complexity index is 429. The van der Waals surface area contributed by atoms with Crippen LogP contribution in [-0.2, 0) is 9.53 Å². The van der Waals surface area contributed by atoms with Crippen LogP contribution in [0.15, 0.2) is 30.3 Å². The molecule has 1 aliphatic rings. The molecule has 0 spiro atoms. The number of benzene rings is 1. The van der Waals surface area contributed by atoms with Crippen molar-refractivity contribution in [3.05, 3.63) is 39.5 Å². The molecule has 1 aromatic carbocycles. The van der Waals surface area contributed by atoms with Gasteiger partial charge in [0.05, 0.1) is 0 Å². The molecular formula is C12H11IO2. The fourth-order valence-corrected chi connectivity index (χ4v) is 1.76. The number of hydrogen-bond donors (Lipinski definition) is 0. The quantitative estimate of drug-likeness (QED) is 0.745. The molecule has 0 saturated heterocycles. The predicted octanol–water partition coefficient (Wildman–Crippen LogP) is 3.01. The van der Waals surface area contributed by atoms with E-state index in [4.69, 9.17) is 4.74 Å². The third-order valence-corrected chi connectivity index (χ3v) is 3.07. The number of ether oxygens (including phenoxy) is 1. The Hall–Kier alpha value is -0.840. The highest BCUT2D eigenvalue weighted by molar-refractivity contribution is 14.1. The highest BCUT2D eigenvalue weighted by Gasteiger charge is 2.35. The lowest BCUT2D eigenvalue weighted by Crippen LogP contribution is -2.27. The zero-order valence-corrected chi connectivity index (χ0v) is 10.7. The van der Waals surface area contributed by atoms with Gasteiger partial charge in [-0.25, -0.2) is 0 Å². The van der Waals surface area contributed by atoms with Crippen molar-refractivity contribution in [2.24, 2.45) is 0 Å². The molecule has 15 heavy (non-hydrogen) atoms. The van der Waals surface area contributed by atoms with E-state index < -0.39 is 5.60 Å². The summed E-state index contributed by atoms with van der Waals surface area (Å²) in [4.78, 5) is 11.5. The van der Waals surface area contributed by atoms with Gasteiger partial charge >= 0.3 is 0 Å². The lowest BCUT2D eigenvalue weighted by Gasteiger charge is -2.17. The molecule has 2 rings (SSSR count). The van der Waals surface area contributed by atoms with Crippen LogP contribution in [0, 0.1) is 3.57 Å². The van der Waals surface area contributed by atoms with Crippen molar-refractivity contribution in [1.82, 2.24) is 0 Å². The van der Waals surface area contributed by atoms with Crippen LogP contribution >= 0.6 is 22.6 Å². The van der Waals surface area contributed by atoms with E-state index in [0.717, 1.165) is 5.56 Å². The van der Waals surface area contributed by atoms with Crippen LogP contribution in [0.1, 0.15) is 19.4 Å². The molecule has 0 atom stereocenters. The SMILES string of the molecule is CC1(C)OC(c2ccc(I)cc2)=CC1=O. The minimum absolute atomic E-state index is 0.0241. The second-order valence-corrected chi connectivity index (χ2v) is 5.24. The van der Waals surface area contributed by atoms with Crippen LogP contribution in [0.5, 0.6) is 0 Å². The summed E-state index contributed by atoms with van der Waals surface area (Å²) >= 11 is 2.24. The van der Waals surface area contributed by atoms with Gasteiger partial charge in [0.15, 0.2) is 5.60 Å². The summed E-state index contributed by atoms with van der Waals surface area (Å²) in [7, 11) is 0. The number of carbonyl (C=O) groups excluding carboxylic acids is 1. The molecule has 0 aliphatic carbocycles. The summed E-state index contributed by atoms with van der Waals surface area (Å²) in [5, 5.41) is 0. The Balaban J connectivity index is 2.31. The zero-order valence-electron chi connectivity index (χ0n) is 8.58. The minimum Gasteiger partial charge on any atom is -0.479 e. The summed E-state index contributed by atoms with van der Waals surface area (Å²) in [6.45, 7) is 3.57. The van der Waals surface area contributed by atoms with Crippen LogP contribution < -0.4 is 0 Å². The van der Waals surface area contributed by atoms with Gasteiger partial charge in [-0.1, -0.05) is 12.1 Å². The van der Waals surface area contributed by atoms with Gasteiger partial charge in [0, 0.05) is 15.2 Å². The Morgan fingerprint density at radius 3 is 2.27 bits per heavy atom. The first-order valence-electron chi connectivity index (χ1n) is 4.70. The number of carbonyl (C=O) groups is 1. The maximum Gasteiger partial charge on any atom is 0.202 e. The highest BCUT2D eigenvalue weighted by atomic mass is 127. The van der Waals surface area contributed by atoms with Gasteiger partial charge in [-0.15, -0.1) is 0 Å². The molecule has 1 aromatic rings. The fourth-order valence-electron chi connectivity index (χ4n) is 1.40. The molecule has 78 valence electrons. The van der Waals surface area contributed by atoms with Crippen molar-refractivity contribution < 1.29 is 9.53 Å². The van der Waals surface area contributed by atoms with Crippen molar-refractivity contribution in [3.63, 3.8) is 0 Å². The Labute approximate surface area is 102 Å². The normalized spacial score (nSPS) is 18.6. The number of hydrogen-bond acceptors (Lipinski definition) is 2. The van der Waals surface area contributed by atoms with Crippen LogP contribution in [-0.4, -0.2) is 11.4 Å². The summed E-state index contributed by atoms with van der Waals surface area (Å²) in [6.07, 6.45) is 1.57. The van der Waals surface area contributed by atoms with E-state index in [1.807, 2.05) is 24.3 Å². The Kier molecular flexibility index (Phi) is 2.58. The van der Waals surface area contributed by atoms with Crippen LogP contribution in [0.25, 0.3) is 5.76 Å². The minimum atomic E-state index is -0.710. The van der Waals surface area contributed by atoms with Crippen molar-refractivity contribution in [1.29, 1.82) is 0 Å². The monoisotopic (exact) mass is 314 g/mol. The summed E-state index contributed by atoms with van der Waals surface area (Å²) < 4.78 is 6.76. The maximum atomic E-state index is 11.5. The third kappa shape index (κ3) is 2.07. The Morgan fingerprint density at radius 1 is 1.20 bits per heavy atom. The first-order chi connectivity index (χ1) is 6.99. The standard InChI is InChI=1S/C12H11IO2/c1-12(2)11(14)7-10(15-12)8-3-5-9(13)6-4-8/h3-7H,1-2H3. The molecule has 3 heteroatoms. The lowest BCUT2D eigenvalue weighted by atomic mass is 10.1. The maximum absolute atomic E-state index is 11.5. The molecule has 1 heterocycles. The van der Waals surface area contributed by atoms with Gasteiger partial charge < -0.3 is 4.74 Å². The van der Waals surface area contributed by atoms with Crippen molar-refractivity contribution in [2.45, 2.75) is 19.4 Å². The topological polar surface area (TPSA) is 26.3 Å². The predicted molar refractivity (Wildman–Crippen MR) is 67.3 cm³/mol. The van der Waals surface area contributed by atoms with Gasteiger partial charge in [-0.05, 0) is 48.6 Å². The average molecular weight is 314 g/mol. The first-order valence-corrected chi connectivity index (χ1v) is 5.78. The van der Waals surface area contributed by atoms with Gasteiger partial charge in [0.2, 0.25) is 5.78 Å². The van der Waals surface area contributed by atoms with E-state index in [-0.39, 0.29) is 5.78 Å². The largest absolute Gasteiger partial charge is 0.479 e. The number of rotatable bonds is 1. The van der Waals surface area contributed by atoms with Crippen molar-refractivity contribution in [3.8, 4) is 0 Å². The van der Waals surface area contributed by atoms with Crippen LogP contribution in [0.3, 0.4) is 0 Å². The molecular weight excluding hydrogens is 303 g/mol. The highest BCUT2D eigenvalue weighted by Crippen LogP contribution is 2.30. The molecule has 0 amide bonds. The van der Waals surface area contributed by atoms with E-state index in [9.17, 15) is 4.79 Å². The van der Waals surface area contributed by atoms with Crippen LogP contribution in [0.2, 0.25) is 0 Å². The first kappa shape index (κ1) is 10.7. The summed E-state index contributed by atoms with van der Waals surface area (Å²) in [6, 6.07) is 7.91. The van der Waals surface area contributed by atoms with Gasteiger partial charge in [0.25, 0.3) is 0 Å². The van der Waals surface area contributed by atoms with Crippen LogP contribution in [0.4, 0.5) is 0 Å². The Morgan fingerprint density at radius 2 is 1.80 bits per heavy atom. The smallest absolute Gasteiger partial charge is 0.202 e. The third-order valence-electron chi connectivity index (χ3n) is 2.35. The van der Waals surface area contributed by atoms with E-state index >= 15 is 0 Å². The second-order valence-electron chi connectivity index (χ2n) is 3.99.